The second-order valence-corrected chi connectivity index (χ2v) is 8.73. The number of furan rings is 1. The van der Waals surface area contributed by atoms with E-state index in [4.69, 9.17) is 16.6 Å². The average Bonchev–Trinajstić information content (AvgIpc) is 3.08. The van der Waals surface area contributed by atoms with E-state index < -0.39 is 0 Å². The van der Waals surface area contributed by atoms with Gasteiger partial charge in [-0.3, -0.25) is 9.89 Å². The summed E-state index contributed by atoms with van der Waals surface area (Å²) in [7, 11) is 0. The van der Waals surface area contributed by atoms with Gasteiger partial charge in [-0.05, 0) is 69.5 Å². The molecule has 150 valence electrons. The number of H-pyrrole nitrogens is 1. The third-order valence-electron chi connectivity index (χ3n) is 5.93. The summed E-state index contributed by atoms with van der Waals surface area (Å²) in [6.07, 6.45) is 6.41. The Morgan fingerprint density at radius 2 is 2.07 bits per heavy atom. The van der Waals surface area contributed by atoms with E-state index in [1.165, 1.54) is 6.42 Å². The molecule has 2 aliphatic rings. The van der Waals surface area contributed by atoms with E-state index in [0.29, 0.717) is 22.5 Å². The molecule has 2 fully saturated rings. The molecule has 1 saturated heterocycles. The van der Waals surface area contributed by atoms with Crippen molar-refractivity contribution in [1.82, 2.24) is 19.7 Å². The summed E-state index contributed by atoms with van der Waals surface area (Å²) in [5, 5.41) is 7.37. The van der Waals surface area contributed by atoms with Crippen LogP contribution in [0.15, 0.2) is 22.6 Å². The van der Waals surface area contributed by atoms with Gasteiger partial charge in [-0.2, -0.15) is 5.10 Å². The number of rotatable bonds is 5. The molecule has 2 aromatic heterocycles. The standard InChI is InChI=1S/C21H28N4O2S/c1-13(2)25-20(22-23-21(25)28)15-8-10-24(11-9-15)19(26)7-5-16-4-6-18(27-16)17-12-14(17)3/h4-7,13-15,17H,8-12H2,1-3H3,(H,23,28). The maximum absolute atomic E-state index is 12.6. The Labute approximate surface area is 170 Å². The second-order valence-electron chi connectivity index (χ2n) is 8.34. The van der Waals surface area contributed by atoms with Gasteiger partial charge in [0.05, 0.1) is 0 Å². The summed E-state index contributed by atoms with van der Waals surface area (Å²) in [5.41, 5.74) is 0. The number of carbonyl (C=O) groups excluding carboxylic acids is 1. The molecule has 1 saturated carbocycles. The number of nitrogens with one attached hydrogen (secondary N) is 1. The highest BCUT2D eigenvalue weighted by atomic mass is 32.1. The van der Waals surface area contributed by atoms with E-state index in [1.807, 2.05) is 17.0 Å². The Kier molecular flexibility index (Phi) is 5.27. The molecule has 1 aliphatic heterocycles. The molecule has 1 amide bonds. The molecule has 1 aliphatic carbocycles. The van der Waals surface area contributed by atoms with Gasteiger partial charge in [0.25, 0.3) is 0 Å². The monoisotopic (exact) mass is 400 g/mol. The summed E-state index contributed by atoms with van der Waals surface area (Å²) in [6.45, 7) is 7.92. The number of likely N-dealkylation sites (tertiary alicyclic amines) is 1. The van der Waals surface area contributed by atoms with Crippen molar-refractivity contribution < 1.29 is 9.21 Å². The molecule has 4 rings (SSSR count). The average molecular weight is 401 g/mol. The molecule has 1 N–H and O–H groups in total. The number of piperidine rings is 1. The first-order valence-corrected chi connectivity index (χ1v) is 10.6. The predicted molar refractivity (Wildman–Crippen MR) is 111 cm³/mol. The van der Waals surface area contributed by atoms with Crippen LogP contribution in [0.4, 0.5) is 0 Å². The first kappa shape index (κ1) is 19.2. The zero-order valence-electron chi connectivity index (χ0n) is 16.7. The van der Waals surface area contributed by atoms with Crippen LogP contribution in [-0.4, -0.2) is 38.7 Å². The van der Waals surface area contributed by atoms with E-state index in [0.717, 1.165) is 43.3 Å². The molecule has 2 atom stereocenters. The minimum atomic E-state index is 0.0407. The van der Waals surface area contributed by atoms with Gasteiger partial charge >= 0.3 is 0 Å². The lowest BCUT2D eigenvalue weighted by Gasteiger charge is -2.31. The van der Waals surface area contributed by atoms with Crippen LogP contribution in [0.25, 0.3) is 6.08 Å². The molecular formula is C21H28N4O2S. The van der Waals surface area contributed by atoms with Crippen LogP contribution >= 0.6 is 12.2 Å². The topological polar surface area (TPSA) is 67.1 Å². The fourth-order valence-corrected chi connectivity index (χ4v) is 4.45. The van der Waals surface area contributed by atoms with Crippen LogP contribution in [0, 0.1) is 10.7 Å². The van der Waals surface area contributed by atoms with E-state index in [9.17, 15) is 4.79 Å². The molecule has 2 aromatic rings. The summed E-state index contributed by atoms with van der Waals surface area (Å²) in [4.78, 5) is 14.5. The number of nitrogens with zero attached hydrogens (tertiary/aromatic N) is 3. The van der Waals surface area contributed by atoms with Crippen molar-refractivity contribution in [3.63, 3.8) is 0 Å². The predicted octanol–water partition coefficient (Wildman–Crippen LogP) is 4.66. The lowest BCUT2D eigenvalue weighted by Crippen LogP contribution is -2.37. The highest BCUT2D eigenvalue weighted by Gasteiger charge is 2.36. The van der Waals surface area contributed by atoms with Gasteiger partial charge < -0.3 is 13.9 Å². The first-order chi connectivity index (χ1) is 13.4. The molecule has 0 aromatic carbocycles. The van der Waals surface area contributed by atoms with Crippen LogP contribution in [0.3, 0.4) is 0 Å². The number of hydrogen-bond donors (Lipinski definition) is 1. The lowest BCUT2D eigenvalue weighted by atomic mass is 9.95. The molecule has 0 radical (unpaired) electrons. The highest BCUT2D eigenvalue weighted by Crippen LogP contribution is 2.47. The first-order valence-electron chi connectivity index (χ1n) is 10.2. The van der Waals surface area contributed by atoms with Gasteiger partial charge in [0, 0.05) is 37.0 Å². The molecular weight excluding hydrogens is 372 g/mol. The summed E-state index contributed by atoms with van der Waals surface area (Å²) in [6, 6.07) is 4.26. The van der Waals surface area contributed by atoms with E-state index in [1.54, 1.807) is 12.2 Å². The Bertz CT molecular complexity index is 930. The van der Waals surface area contributed by atoms with Crippen molar-refractivity contribution in [2.45, 2.75) is 57.9 Å². The minimum Gasteiger partial charge on any atom is -0.461 e. The zero-order chi connectivity index (χ0) is 19.8. The minimum absolute atomic E-state index is 0.0407. The van der Waals surface area contributed by atoms with Gasteiger partial charge in [0.1, 0.15) is 17.3 Å². The van der Waals surface area contributed by atoms with Crippen LogP contribution in [0.5, 0.6) is 0 Å². The number of amides is 1. The Balaban J connectivity index is 1.34. The third-order valence-corrected chi connectivity index (χ3v) is 6.22. The van der Waals surface area contributed by atoms with Gasteiger partial charge in [-0.15, -0.1) is 0 Å². The Morgan fingerprint density at radius 3 is 2.71 bits per heavy atom. The normalized spacial score (nSPS) is 23.1. The summed E-state index contributed by atoms with van der Waals surface area (Å²) in [5.74, 6) is 4.45. The van der Waals surface area contributed by atoms with Gasteiger partial charge in [0.15, 0.2) is 4.77 Å². The molecule has 2 unspecified atom stereocenters. The number of hydrogen-bond acceptors (Lipinski definition) is 4. The number of aromatic amines is 1. The molecule has 6 nitrogen and oxygen atoms in total. The van der Waals surface area contributed by atoms with Crippen molar-refractivity contribution in [2.24, 2.45) is 5.92 Å². The zero-order valence-corrected chi connectivity index (χ0v) is 17.5. The third kappa shape index (κ3) is 3.85. The van der Waals surface area contributed by atoms with Gasteiger partial charge in [-0.1, -0.05) is 6.92 Å². The van der Waals surface area contributed by atoms with Gasteiger partial charge in [0.2, 0.25) is 5.91 Å². The Hall–Kier alpha value is -2.15. The fraction of sp³-hybridized carbons (Fsp3) is 0.571. The SMILES string of the molecule is CC1CC1c1ccc(C=CC(=O)N2CCC(c3n[nH]c(=S)n3C(C)C)CC2)o1. The Morgan fingerprint density at radius 1 is 1.36 bits per heavy atom. The van der Waals surface area contributed by atoms with E-state index in [2.05, 4.69) is 35.5 Å². The van der Waals surface area contributed by atoms with Crippen LogP contribution in [0.2, 0.25) is 0 Å². The van der Waals surface area contributed by atoms with Crippen molar-refractivity contribution in [3.8, 4) is 0 Å². The van der Waals surface area contributed by atoms with Crippen LogP contribution < -0.4 is 0 Å². The van der Waals surface area contributed by atoms with Gasteiger partial charge in [-0.25, -0.2) is 0 Å². The largest absolute Gasteiger partial charge is 0.461 e. The number of aromatic nitrogens is 3. The van der Waals surface area contributed by atoms with Crippen molar-refractivity contribution >= 4 is 24.2 Å². The molecule has 3 heterocycles. The molecule has 7 heteroatoms. The molecule has 0 spiro atoms. The van der Waals surface area contributed by atoms with E-state index >= 15 is 0 Å². The highest BCUT2D eigenvalue weighted by molar-refractivity contribution is 7.71. The second kappa shape index (κ2) is 7.70. The number of carbonyl (C=O) groups is 1. The van der Waals surface area contributed by atoms with Crippen molar-refractivity contribution in [1.29, 1.82) is 0 Å². The smallest absolute Gasteiger partial charge is 0.246 e. The quantitative estimate of drug-likeness (QED) is 0.586. The van der Waals surface area contributed by atoms with E-state index in [-0.39, 0.29) is 11.9 Å². The van der Waals surface area contributed by atoms with Crippen LogP contribution in [0.1, 0.15) is 75.3 Å². The molecule has 0 bridgehead atoms. The maximum Gasteiger partial charge on any atom is 0.246 e. The van der Waals surface area contributed by atoms with Crippen LogP contribution in [-0.2, 0) is 4.79 Å². The lowest BCUT2D eigenvalue weighted by molar-refractivity contribution is -0.127. The van der Waals surface area contributed by atoms with Crippen molar-refractivity contribution in [3.05, 3.63) is 40.3 Å². The molecule has 28 heavy (non-hydrogen) atoms. The summed E-state index contributed by atoms with van der Waals surface area (Å²) < 4.78 is 8.61. The van der Waals surface area contributed by atoms with Crippen molar-refractivity contribution in [2.75, 3.05) is 13.1 Å². The maximum atomic E-state index is 12.6. The summed E-state index contributed by atoms with van der Waals surface area (Å²) >= 11 is 5.35. The fourth-order valence-electron chi connectivity index (χ4n) is 4.10.